The van der Waals surface area contributed by atoms with Crippen molar-refractivity contribution in [2.45, 2.75) is 47.7 Å². The number of anilines is 2. The van der Waals surface area contributed by atoms with E-state index in [-0.39, 0.29) is 29.2 Å². The summed E-state index contributed by atoms with van der Waals surface area (Å²) in [5.74, 6) is -5.74. The third kappa shape index (κ3) is 7.82. The van der Waals surface area contributed by atoms with Gasteiger partial charge in [0.15, 0.2) is 21.4 Å². The van der Waals surface area contributed by atoms with Gasteiger partial charge in [0.1, 0.15) is 11.9 Å². The van der Waals surface area contributed by atoms with Gasteiger partial charge in [-0.15, -0.1) is 0 Å². The number of ether oxygens (including phenoxy) is 1. The Bertz CT molecular complexity index is 2090. The first-order valence-electron chi connectivity index (χ1n) is 15.4. The number of carboxylic acids is 2. The van der Waals surface area contributed by atoms with Crippen LogP contribution in [-0.4, -0.2) is 71.4 Å². The predicted octanol–water partition coefficient (Wildman–Crippen LogP) is 5.36. The maximum Gasteiger partial charge on any atom is 0.490 e. The van der Waals surface area contributed by atoms with Crippen molar-refractivity contribution in [2.75, 3.05) is 24.7 Å². The number of nitrogens with two attached hydrogens (primary N) is 1. The molecule has 270 valence electrons. The van der Waals surface area contributed by atoms with Crippen LogP contribution in [0.2, 0.25) is 0 Å². The third-order valence-electron chi connectivity index (χ3n) is 8.61. The standard InChI is InChI=1S/C32H31FN4O6S.C2HF3O2/c1-43-26-17-19(6-11-25(26)33)28(36-20-7-10-22-18(16-20)12-14-35-30(22)34)31(38)37-15-13-24(32(39)40)29(37)23-4-2-3-5-27(23)44(41,42)21-8-9-21;3-2(4,5)1(6)7/h2-7,10-12,14,16-17,21,24,28-29,36H,8-9,13,15H2,1H3,(H2,34,35)(H,39,40);(H,6,7)/t24-,28+,29+;/m0./s1. The first kappa shape index (κ1) is 36.8. The predicted molar refractivity (Wildman–Crippen MR) is 176 cm³/mol. The molecule has 1 saturated heterocycles. The highest BCUT2D eigenvalue weighted by Gasteiger charge is 2.47. The van der Waals surface area contributed by atoms with E-state index in [0.717, 1.165) is 10.8 Å². The van der Waals surface area contributed by atoms with E-state index >= 15 is 0 Å². The smallest absolute Gasteiger partial charge is 0.490 e. The molecule has 1 aliphatic heterocycles. The zero-order valence-corrected chi connectivity index (χ0v) is 27.6. The average Bonchev–Trinajstić information content (AvgIpc) is 3.86. The number of carboxylic acid groups (broad SMARTS) is 2. The summed E-state index contributed by atoms with van der Waals surface area (Å²) >= 11 is 0. The molecule has 5 N–H and O–H groups in total. The molecule has 0 radical (unpaired) electrons. The largest absolute Gasteiger partial charge is 0.494 e. The van der Waals surface area contributed by atoms with Crippen LogP contribution in [0, 0.1) is 11.7 Å². The molecule has 0 unspecified atom stereocenters. The number of amides is 1. The molecule has 0 spiro atoms. The van der Waals surface area contributed by atoms with Crippen LogP contribution in [0.25, 0.3) is 10.8 Å². The quantitative estimate of drug-likeness (QED) is 0.162. The molecule has 51 heavy (non-hydrogen) atoms. The van der Waals surface area contributed by atoms with Crippen molar-refractivity contribution in [1.82, 2.24) is 9.88 Å². The minimum absolute atomic E-state index is 0.0483. The lowest BCUT2D eigenvalue weighted by molar-refractivity contribution is -0.192. The molecule has 2 fully saturated rings. The van der Waals surface area contributed by atoms with Crippen LogP contribution < -0.4 is 15.8 Å². The molecule has 3 aromatic carbocycles. The molecule has 3 atom stereocenters. The number of aromatic nitrogens is 1. The van der Waals surface area contributed by atoms with E-state index in [4.69, 9.17) is 20.4 Å². The van der Waals surface area contributed by atoms with E-state index in [2.05, 4.69) is 10.3 Å². The second-order valence-corrected chi connectivity index (χ2v) is 14.1. The summed E-state index contributed by atoms with van der Waals surface area (Å²) in [6.07, 6.45) is -2.30. The van der Waals surface area contributed by atoms with E-state index in [9.17, 15) is 40.7 Å². The van der Waals surface area contributed by atoms with Gasteiger partial charge < -0.3 is 30.9 Å². The number of carbonyl (C=O) groups is 3. The van der Waals surface area contributed by atoms with Crippen LogP contribution in [0.1, 0.15) is 42.5 Å². The fourth-order valence-electron chi connectivity index (χ4n) is 5.99. The number of aliphatic carboxylic acids is 2. The Hall–Kier alpha value is -5.45. The number of pyridine rings is 1. The second kappa shape index (κ2) is 14.4. The van der Waals surface area contributed by atoms with Crippen molar-refractivity contribution in [2.24, 2.45) is 5.92 Å². The van der Waals surface area contributed by atoms with Crippen LogP contribution in [0.4, 0.5) is 29.1 Å². The molecule has 17 heteroatoms. The zero-order chi connectivity index (χ0) is 37.2. The zero-order valence-electron chi connectivity index (χ0n) is 26.8. The number of nitrogens with one attached hydrogen (secondary N) is 1. The van der Waals surface area contributed by atoms with Gasteiger partial charge in [0.25, 0.3) is 0 Å². The molecule has 6 rings (SSSR count). The van der Waals surface area contributed by atoms with Crippen LogP contribution in [0.15, 0.2) is 77.8 Å². The first-order chi connectivity index (χ1) is 24.0. The van der Waals surface area contributed by atoms with Gasteiger partial charge >= 0.3 is 18.1 Å². The number of alkyl halides is 3. The van der Waals surface area contributed by atoms with E-state index in [0.29, 0.717) is 29.9 Å². The Morgan fingerprint density at radius 2 is 1.71 bits per heavy atom. The van der Waals surface area contributed by atoms with Crippen LogP contribution in [0.3, 0.4) is 0 Å². The van der Waals surface area contributed by atoms with Gasteiger partial charge in [0, 0.05) is 23.8 Å². The topological polar surface area (TPSA) is 189 Å². The van der Waals surface area contributed by atoms with Gasteiger partial charge in [0.2, 0.25) is 5.91 Å². The number of fused-ring (bicyclic) bond motifs is 1. The maximum atomic E-state index is 14.6. The fourth-order valence-corrected chi connectivity index (χ4v) is 7.89. The second-order valence-electron chi connectivity index (χ2n) is 11.9. The molecule has 12 nitrogen and oxygen atoms in total. The highest BCUT2D eigenvalue weighted by atomic mass is 32.2. The summed E-state index contributed by atoms with van der Waals surface area (Å²) in [4.78, 5) is 41.5. The number of rotatable bonds is 9. The van der Waals surface area contributed by atoms with Gasteiger partial charge in [-0.3, -0.25) is 9.59 Å². The first-order valence-corrected chi connectivity index (χ1v) is 17.0. The normalized spacial score (nSPS) is 18.0. The van der Waals surface area contributed by atoms with Crippen molar-refractivity contribution in [3.8, 4) is 5.75 Å². The molecule has 0 bridgehead atoms. The van der Waals surface area contributed by atoms with Gasteiger partial charge in [0.05, 0.1) is 29.2 Å². The Morgan fingerprint density at radius 1 is 1.02 bits per heavy atom. The van der Waals surface area contributed by atoms with Crippen molar-refractivity contribution in [1.29, 1.82) is 0 Å². The summed E-state index contributed by atoms with van der Waals surface area (Å²) in [6, 6.07) is 15.3. The Labute approximate surface area is 288 Å². The molecule has 2 heterocycles. The lowest BCUT2D eigenvalue weighted by atomic mass is 9.93. The molecule has 1 saturated carbocycles. The maximum absolute atomic E-state index is 14.6. The number of hydrogen-bond acceptors (Lipinski definition) is 9. The third-order valence-corrected chi connectivity index (χ3v) is 10.9. The number of methoxy groups -OCH3 is 1. The van der Waals surface area contributed by atoms with Crippen LogP contribution >= 0.6 is 0 Å². The minimum atomic E-state index is -5.08. The summed E-state index contributed by atoms with van der Waals surface area (Å²) in [5, 5.41) is 21.5. The van der Waals surface area contributed by atoms with Crippen molar-refractivity contribution < 1.29 is 55.3 Å². The van der Waals surface area contributed by atoms with Crippen molar-refractivity contribution >= 4 is 50.0 Å². The number of benzene rings is 3. The minimum Gasteiger partial charge on any atom is -0.494 e. The van der Waals surface area contributed by atoms with Gasteiger partial charge in [-0.05, 0) is 78.2 Å². The molecular weight excluding hydrogens is 700 g/mol. The van der Waals surface area contributed by atoms with Crippen LogP contribution in [-0.2, 0) is 24.2 Å². The Morgan fingerprint density at radius 3 is 2.33 bits per heavy atom. The average molecular weight is 733 g/mol. The lowest BCUT2D eigenvalue weighted by Gasteiger charge is -2.32. The van der Waals surface area contributed by atoms with Gasteiger partial charge in [-0.2, -0.15) is 13.2 Å². The number of carbonyl (C=O) groups excluding carboxylic acids is 1. The summed E-state index contributed by atoms with van der Waals surface area (Å²) < 4.78 is 78.2. The van der Waals surface area contributed by atoms with E-state index in [1.54, 1.807) is 48.7 Å². The van der Waals surface area contributed by atoms with E-state index < -0.39 is 62.9 Å². The molecule has 1 aliphatic carbocycles. The summed E-state index contributed by atoms with van der Waals surface area (Å²) in [5.41, 5.74) is 7.22. The number of nitrogen functional groups attached to an aromatic ring is 1. The van der Waals surface area contributed by atoms with Crippen molar-refractivity contribution in [3.63, 3.8) is 0 Å². The van der Waals surface area contributed by atoms with Gasteiger partial charge in [-0.25, -0.2) is 22.6 Å². The Balaban J connectivity index is 0.000000654. The number of likely N-dealkylation sites (tertiary alicyclic amines) is 1. The van der Waals surface area contributed by atoms with Crippen LogP contribution in [0.5, 0.6) is 5.75 Å². The number of halogens is 4. The van der Waals surface area contributed by atoms with E-state index in [1.165, 1.54) is 36.3 Å². The summed E-state index contributed by atoms with van der Waals surface area (Å²) in [7, 11) is -2.39. The monoisotopic (exact) mass is 732 g/mol. The molecule has 1 amide bonds. The fraction of sp³-hybridized carbons (Fsp3) is 0.294. The number of sulfone groups is 1. The highest BCUT2D eigenvalue weighted by molar-refractivity contribution is 7.92. The number of hydrogen-bond donors (Lipinski definition) is 4. The van der Waals surface area contributed by atoms with Gasteiger partial charge in [-0.1, -0.05) is 24.3 Å². The summed E-state index contributed by atoms with van der Waals surface area (Å²) in [6.45, 7) is 0.0781. The van der Waals surface area contributed by atoms with Crippen molar-refractivity contribution in [3.05, 3.63) is 89.9 Å². The Kier molecular flexibility index (Phi) is 10.4. The number of nitrogens with zero attached hydrogens (tertiary/aromatic N) is 2. The highest BCUT2D eigenvalue weighted by Crippen LogP contribution is 2.44. The van der Waals surface area contributed by atoms with E-state index in [1.807, 2.05) is 0 Å². The lowest BCUT2D eigenvalue weighted by Crippen LogP contribution is -2.40. The molecule has 2 aliphatic rings. The molecular formula is C34H32F4N4O8S. The molecule has 4 aromatic rings. The SMILES string of the molecule is COc1cc([C@@H](Nc2ccc3c(N)nccc3c2)C(=O)N2CC[C@H](C(=O)O)[C@H]2c2ccccc2S(=O)(=O)C2CC2)ccc1F.O=C(O)C(F)(F)F. The molecule has 1 aromatic heterocycles.